The zero-order valence-corrected chi connectivity index (χ0v) is 28.2. The first-order valence-corrected chi connectivity index (χ1v) is 16.5. The van der Waals surface area contributed by atoms with Crippen molar-refractivity contribution in [2.45, 2.75) is 18.8 Å². The van der Waals surface area contributed by atoms with Crippen LogP contribution in [0.5, 0.6) is 11.5 Å². The van der Waals surface area contributed by atoms with Crippen LogP contribution in [0.25, 0.3) is 33.4 Å². The van der Waals surface area contributed by atoms with Gasteiger partial charge in [-0.15, -0.1) is 0 Å². The van der Waals surface area contributed by atoms with Gasteiger partial charge in [-0.2, -0.15) is 17.6 Å². The van der Waals surface area contributed by atoms with Crippen LogP contribution in [0.3, 0.4) is 0 Å². The molecule has 0 aliphatic heterocycles. The summed E-state index contributed by atoms with van der Waals surface area (Å²) < 4.78 is 273. The molecule has 0 saturated carbocycles. The Labute approximate surface area is 317 Å². The highest BCUT2D eigenvalue weighted by molar-refractivity contribution is 6.64. The van der Waals surface area contributed by atoms with Crippen molar-refractivity contribution in [1.82, 2.24) is 0 Å². The second-order valence-corrected chi connectivity index (χ2v) is 13.4. The predicted octanol–water partition coefficient (Wildman–Crippen LogP) is 10.9. The van der Waals surface area contributed by atoms with Gasteiger partial charge in [-0.05, 0) is 23.3 Å². The number of halogens is 17. The highest BCUT2D eigenvalue weighted by Gasteiger charge is 2.58. The molecule has 0 amide bonds. The molecule has 3 aliphatic rings. The largest absolute Gasteiger partial charge is 0.636 e. The Bertz CT molecular complexity index is 2830. The van der Waals surface area contributed by atoms with Crippen molar-refractivity contribution in [1.29, 1.82) is 0 Å². The molecule has 6 aromatic rings. The minimum atomic E-state index is -5.51. The lowest BCUT2D eigenvalue weighted by Crippen LogP contribution is -2.49. The monoisotopic (exact) mass is 844 g/mol. The Morgan fingerprint density at radius 1 is 0.390 bits per heavy atom. The average molecular weight is 844 g/mol. The number of alkyl halides is 2. The highest BCUT2D eigenvalue weighted by atomic mass is 19.3. The molecule has 0 fully saturated rings. The lowest BCUT2D eigenvalue weighted by atomic mass is 9.72. The van der Waals surface area contributed by atoms with E-state index < -0.39 is 186 Å². The number of hydrogen-bond acceptors (Lipinski definition) is 2. The van der Waals surface area contributed by atoms with Crippen LogP contribution in [-0.2, 0) is 18.8 Å². The van der Waals surface area contributed by atoms with E-state index in [9.17, 15) is 8.78 Å². The molecule has 0 unspecified atom stereocenters. The lowest BCUT2D eigenvalue weighted by molar-refractivity contribution is 0.0433. The van der Waals surface area contributed by atoms with Crippen LogP contribution >= 0.6 is 0 Å². The summed E-state index contributed by atoms with van der Waals surface area (Å²) in [4.78, 5) is 0. The second kappa shape index (κ2) is 12.6. The van der Waals surface area contributed by atoms with Gasteiger partial charge in [0, 0.05) is 62.9 Å². The molecular weight excluding hydrogens is 834 g/mol. The summed E-state index contributed by atoms with van der Waals surface area (Å²) in [5, 5.41) is 0. The Morgan fingerprint density at radius 3 is 1.22 bits per heavy atom. The quantitative estimate of drug-likeness (QED) is 0.0744. The van der Waals surface area contributed by atoms with Gasteiger partial charge < -0.3 is 9.31 Å². The average Bonchev–Trinajstić information content (AvgIpc) is 3.86. The first-order chi connectivity index (χ1) is 27.8. The SMILES string of the molecule is Fc1cccc2c1-c1c(F)c(F)c(F)c(OB(Oc3c(F)c(F)c(F)c4c3Cc3cccc(F)c3-4)c3c(F)c(F)c(F)c4c3C(F)(F)c3c(F)c(F)c(F)c(F)c3-4)c1C2. The summed E-state index contributed by atoms with van der Waals surface area (Å²) in [6, 6.07) is 5.85. The molecule has 3 aliphatic carbocycles. The third-order valence-corrected chi connectivity index (χ3v) is 10.4. The zero-order valence-electron chi connectivity index (χ0n) is 28.2. The van der Waals surface area contributed by atoms with Crippen LogP contribution in [0, 0.1) is 87.3 Å². The Kier molecular flexibility index (Phi) is 8.21. The highest BCUT2D eigenvalue weighted by Crippen LogP contribution is 2.56. The van der Waals surface area contributed by atoms with Crippen LogP contribution in [0.4, 0.5) is 74.6 Å². The maximum Gasteiger partial charge on any atom is 0.636 e. The number of hydrogen-bond donors (Lipinski definition) is 0. The van der Waals surface area contributed by atoms with Crippen LogP contribution < -0.4 is 14.8 Å². The molecule has 9 rings (SSSR count). The molecule has 300 valence electrons. The summed E-state index contributed by atoms with van der Waals surface area (Å²) in [6.45, 7) is 0. The molecule has 0 heterocycles. The maximum absolute atomic E-state index is 16.4. The molecule has 20 heteroatoms. The van der Waals surface area contributed by atoms with E-state index in [1.54, 1.807) is 0 Å². The van der Waals surface area contributed by atoms with Gasteiger partial charge in [0.05, 0.1) is 11.0 Å². The Hall–Kier alpha value is -6.21. The first-order valence-electron chi connectivity index (χ1n) is 16.5. The molecule has 0 radical (unpaired) electrons. The molecule has 0 aromatic heterocycles. The zero-order chi connectivity index (χ0) is 42.5. The molecule has 0 spiro atoms. The van der Waals surface area contributed by atoms with E-state index in [0.29, 0.717) is 0 Å². The molecule has 2 nitrogen and oxygen atoms in total. The van der Waals surface area contributed by atoms with Crippen molar-refractivity contribution in [3.63, 3.8) is 0 Å². The van der Waals surface area contributed by atoms with Crippen LogP contribution in [-0.4, -0.2) is 7.12 Å². The molecule has 6 aromatic carbocycles. The standard InChI is InChI=1S/C39H10BF17O2/c41-13-5-1-3-9-7-11-17(15(9)13)24(43)32(51)35(54)37(11)58-40(59-38-12-8-10-4-2-6-14(42)16(10)18(12)25(44)33(52)36(38)55)23-21-19(26(45)30(49)29(23)48)20-22(39(21,56)57)28(47)34(53)31(50)27(20)46/h1-6H,7-8H2. The molecule has 0 bridgehead atoms. The van der Waals surface area contributed by atoms with Gasteiger partial charge in [0.2, 0.25) is 11.6 Å². The van der Waals surface area contributed by atoms with Crippen LogP contribution in [0.2, 0.25) is 0 Å². The van der Waals surface area contributed by atoms with E-state index in [4.69, 9.17) is 9.31 Å². The van der Waals surface area contributed by atoms with Crippen LogP contribution in [0.15, 0.2) is 36.4 Å². The van der Waals surface area contributed by atoms with Gasteiger partial charge in [0.15, 0.2) is 64.0 Å². The topological polar surface area (TPSA) is 18.5 Å². The molecule has 59 heavy (non-hydrogen) atoms. The second-order valence-electron chi connectivity index (χ2n) is 13.4. The molecular formula is C39H10BF17O2. The van der Waals surface area contributed by atoms with E-state index in [1.165, 1.54) is 0 Å². The number of benzene rings is 6. The summed E-state index contributed by atoms with van der Waals surface area (Å²) >= 11 is 0. The molecule has 0 saturated heterocycles. The van der Waals surface area contributed by atoms with Gasteiger partial charge in [-0.25, -0.2) is 57.1 Å². The summed E-state index contributed by atoms with van der Waals surface area (Å²) in [7, 11) is -3.64. The van der Waals surface area contributed by atoms with Gasteiger partial charge in [0.1, 0.15) is 23.1 Å². The van der Waals surface area contributed by atoms with Gasteiger partial charge >= 0.3 is 13.0 Å². The van der Waals surface area contributed by atoms with E-state index in [-0.39, 0.29) is 11.1 Å². The van der Waals surface area contributed by atoms with Crippen molar-refractivity contribution in [2.24, 2.45) is 0 Å². The third-order valence-electron chi connectivity index (χ3n) is 10.4. The molecule has 0 N–H and O–H groups in total. The summed E-state index contributed by atoms with van der Waals surface area (Å²) in [6.07, 6.45) is -1.64. The van der Waals surface area contributed by atoms with E-state index in [2.05, 4.69) is 0 Å². The lowest BCUT2D eigenvalue weighted by Gasteiger charge is -2.25. The third kappa shape index (κ3) is 4.91. The van der Waals surface area contributed by atoms with Crippen molar-refractivity contribution in [3.05, 3.63) is 157 Å². The fourth-order valence-electron chi connectivity index (χ4n) is 7.95. The maximum atomic E-state index is 16.4. The van der Waals surface area contributed by atoms with Gasteiger partial charge in [-0.1, -0.05) is 24.3 Å². The minimum absolute atomic E-state index is 0.215. The van der Waals surface area contributed by atoms with Crippen molar-refractivity contribution < 1.29 is 83.9 Å². The minimum Gasteiger partial charge on any atom is -0.519 e. The Balaban J connectivity index is 1.36. The first kappa shape index (κ1) is 38.3. The van der Waals surface area contributed by atoms with Crippen molar-refractivity contribution in [2.75, 3.05) is 0 Å². The van der Waals surface area contributed by atoms with Gasteiger partial charge in [0.25, 0.3) is 0 Å². The van der Waals surface area contributed by atoms with Crippen LogP contribution in [0.1, 0.15) is 33.4 Å². The van der Waals surface area contributed by atoms with E-state index in [0.717, 1.165) is 36.4 Å². The van der Waals surface area contributed by atoms with E-state index >= 15 is 65.9 Å². The summed E-state index contributed by atoms with van der Waals surface area (Å²) in [5.74, 6) is -45.6. The number of fused-ring (bicyclic) bond motifs is 9. The summed E-state index contributed by atoms with van der Waals surface area (Å²) in [5.41, 5.74) is -17.8. The Morgan fingerprint density at radius 2 is 0.763 bits per heavy atom. The normalized spacial score (nSPS) is 13.8. The van der Waals surface area contributed by atoms with Gasteiger partial charge in [-0.3, -0.25) is 0 Å². The number of rotatable bonds is 5. The molecule has 0 atom stereocenters. The van der Waals surface area contributed by atoms with Crippen molar-refractivity contribution >= 4 is 12.6 Å². The fraction of sp³-hybridized carbons (Fsp3) is 0.0769. The smallest absolute Gasteiger partial charge is 0.519 e. The van der Waals surface area contributed by atoms with Crippen molar-refractivity contribution in [3.8, 4) is 44.9 Å². The predicted molar refractivity (Wildman–Crippen MR) is 170 cm³/mol. The fourth-order valence-corrected chi connectivity index (χ4v) is 7.95. The van der Waals surface area contributed by atoms with E-state index in [1.807, 2.05) is 0 Å².